The van der Waals surface area contributed by atoms with Gasteiger partial charge >= 0.3 is 5.69 Å². The van der Waals surface area contributed by atoms with Crippen molar-refractivity contribution in [1.82, 2.24) is 18.9 Å². The molecule has 0 atom stereocenters. The Kier molecular flexibility index (Phi) is 5.19. The third kappa shape index (κ3) is 3.81. The zero-order chi connectivity index (χ0) is 19.7. The van der Waals surface area contributed by atoms with Crippen molar-refractivity contribution in [1.29, 1.82) is 0 Å². The molecule has 0 radical (unpaired) electrons. The van der Waals surface area contributed by atoms with Crippen molar-refractivity contribution in [2.75, 3.05) is 26.3 Å². The maximum Gasteiger partial charge on any atom is 0.333 e. The fourth-order valence-corrected chi connectivity index (χ4v) is 3.52. The molecule has 1 aromatic carbocycles. The molecule has 7 heteroatoms. The maximum absolute atomic E-state index is 12.7. The number of aromatic nitrogens is 3. The molecule has 28 heavy (non-hydrogen) atoms. The van der Waals surface area contributed by atoms with E-state index in [2.05, 4.69) is 4.90 Å². The van der Waals surface area contributed by atoms with Crippen LogP contribution in [0.5, 0.6) is 5.75 Å². The first-order chi connectivity index (χ1) is 13.5. The summed E-state index contributed by atoms with van der Waals surface area (Å²) in [5.41, 5.74) is 3.34. The average molecular weight is 382 g/mol. The lowest BCUT2D eigenvalue weighted by atomic mass is 10.1. The lowest BCUT2D eigenvalue weighted by Crippen LogP contribution is -2.35. The summed E-state index contributed by atoms with van der Waals surface area (Å²) in [6.45, 7) is 7.96. The fourth-order valence-electron chi connectivity index (χ4n) is 3.52. The van der Waals surface area contributed by atoms with Crippen molar-refractivity contribution in [2.45, 2.75) is 26.5 Å². The molecule has 4 rings (SSSR count). The predicted molar refractivity (Wildman–Crippen MR) is 108 cm³/mol. The van der Waals surface area contributed by atoms with Crippen LogP contribution < -0.4 is 10.4 Å². The van der Waals surface area contributed by atoms with Gasteiger partial charge in [-0.15, -0.1) is 0 Å². The van der Waals surface area contributed by atoms with Crippen LogP contribution >= 0.6 is 0 Å². The van der Waals surface area contributed by atoms with E-state index in [1.165, 1.54) is 0 Å². The smallest absolute Gasteiger partial charge is 0.333 e. The molecule has 3 heterocycles. The van der Waals surface area contributed by atoms with Crippen molar-refractivity contribution in [3.8, 4) is 16.9 Å². The average Bonchev–Trinajstić information content (AvgIpc) is 3.09. The first-order valence-corrected chi connectivity index (χ1v) is 9.66. The Labute approximate surface area is 164 Å². The molecule has 7 nitrogen and oxygen atoms in total. The van der Waals surface area contributed by atoms with Crippen LogP contribution in [0.25, 0.3) is 16.8 Å². The summed E-state index contributed by atoms with van der Waals surface area (Å²) in [5.74, 6) is 0.805. The number of ether oxygens (including phenoxy) is 2. The molecule has 3 aromatic rings. The van der Waals surface area contributed by atoms with E-state index in [4.69, 9.17) is 14.5 Å². The van der Waals surface area contributed by atoms with Gasteiger partial charge < -0.3 is 14.0 Å². The molecule has 1 aliphatic rings. The molecule has 0 unspecified atom stereocenters. The second-order valence-corrected chi connectivity index (χ2v) is 7.45. The van der Waals surface area contributed by atoms with Gasteiger partial charge in [0.25, 0.3) is 0 Å². The summed E-state index contributed by atoms with van der Waals surface area (Å²) in [4.78, 5) is 19.8. The van der Waals surface area contributed by atoms with E-state index in [0.717, 1.165) is 48.9 Å². The van der Waals surface area contributed by atoms with Crippen molar-refractivity contribution < 1.29 is 9.47 Å². The minimum Gasteiger partial charge on any atom is -0.491 e. The van der Waals surface area contributed by atoms with Crippen LogP contribution in [0.3, 0.4) is 0 Å². The molecule has 0 saturated carbocycles. The molecule has 1 fully saturated rings. The van der Waals surface area contributed by atoms with E-state index in [-0.39, 0.29) is 11.8 Å². The van der Waals surface area contributed by atoms with Gasteiger partial charge in [0.05, 0.1) is 25.0 Å². The summed E-state index contributed by atoms with van der Waals surface area (Å²) < 4.78 is 14.5. The number of nitrogens with zero attached hydrogens (tertiary/aromatic N) is 4. The van der Waals surface area contributed by atoms with Crippen LogP contribution in [-0.2, 0) is 18.3 Å². The van der Waals surface area contributed by atoms with Gasteiger partial charge in [-0.2, -0.15) is 0 Å². The Bertz CT molecular complexity index is 1030. The first kappa shape index (κ1) is 18.7. The number of morpholine rings is 1. The van der Waals surface area contributed by atoms with Gasteiger partial charge in [0.1, 0.15) is 5.75 Å². The van der Waals surface area contributed by atoms with Crippen LogP contribution in [0.15, 0.2) is 41.5 Å². The van der Waals surface area contributed by atoms with Crippen LogP contribution in [0, 0.1) is 0 Å². The molecule has 0 aliphatic carbocycles. The minimum atomic E-state index is -0.103. The quantitative estimate of drug-likeness (QED) is 0.678. The van der Waals surface area contributed by atoms with Crippen LogP contribution in [0.4, 0.5) is 0 Å². The Hall–Kier alpha value is -2.64. The Morgan fingerprint density at radius 2 is 2.00 bits per heavy atom. The summed E-state index contributed by atoms with van der Waals surface area (Å²) in [5, 5.41) is 0. The van der Waals surface area contributed by atoms with Gasteiger partial charge in [0, 0.05) is 44.6 Å². The molecule has 0 spiro atoms. The van der Waals surface area contributed by atoms with Crippen molar-refractivity contribution in [3.63, 3.8) is 0 Å². The number of hydrogen-bond donors (Lipinski definition) is 0. The molecular formula is C21H26N4O3. The topological polar surface area (TPSA) is 61.0 Å². The van der Waals surface area contributed by atoms with E-state index in [9.17, 15) is 4.79 Å². The molecule has 148 valence electrons. The lowest BCUT2D eigenvalue weighted by molar-refractivity contribution is 0.0337. The van der Waals surface area contributed by atoms with Crippen LogP contribution in [-0.4, -0.2) is 51.3 Å². The highest BCUT2D eigenvalue weighted by molar-refractivity contribution is 5.77. The molecule has 0 bridgehead atoms. The Balaban J connectivity index is 1.76. The highest BCUT2D eigenvalue weighted by Gasteiger charge is 2.16. The van der Waals surface area contributed by atoms with E-state index in [1.807, 2.05) is 50.5 Å². The van der Waals surface area contributed by atoms with E-state index >= 15 is 0 Å². The molecular weight excluding hydrogens is 356 g/mol. The van der Waals surface area contributed by atoms with E-state index in [1.54, 1.807) is 16.0 Å². The zero-order valence-electron chi connectivity index (χ0n) is 16.6. The van der Waals surface area contributed by atoms with Gasteiger partial charge in [-0.25, -0.2) is 9.78 Å². The first-order valence-electron chi connectivity index (χ1n) is 9.66. The second kappa shape index (κ2) is 7.77. The fraction of sp³-hybridized carbons (Fsp3) is 0.429. The highest BCUT2D eigenvalue weighted by Crippen LogP contribution is 2.27. The SMILES string of the molecule is CC(C)Oc1cccc(-c2cn(C)c(=O)n3cc(CN4CCOCC4)nc23)c1. The number of benzene rings is 1. The van der Waals surface area contributed by atoms with Crippen LogP contribution in [0.2, 0.25) is 0 Å². The van der Waals surface area contributed by atoms with Crippen molar-refractivity contribution in [2.24, 2.45) is 7.05 Å². The molecule has 1 saturated heterocycles. The van der Waals surface area contributed by atoms with E-state index < -0.39 is 0 Å². The number of aryl methyl sites for hydroxylation is 1. The maximum atomic E-state index is 12.7. The largest absolute Gasteiger partial charge is 0.491 e. The molecule has 0 N–H and O–H groups in total. The number of hydrogen-bond acceptors (Lipinski definition) is 5. The lowest BCUT2D eigenvalue weighted by Gasteiger charge is -2.25. The number of rotatable bonds is 5. The van der Waals surface area contributed by atoms with Crippen molar-refractivity contribution >= 4 is 5.65 Å². The molecule has 0 amide bonds. The van der Waals surface area contributed by atoms with Gasteiger partial charge in [-0.1, -0.05) is 12.1 Å². The van der Waals surface area contributed by atoms with Gasteiger partial charge in [0.2, 0.25) is 0 Å². The molecule has 2 aromatic heterocycles. The van der Waals surface area contributed by atoms with E-state index in [0.29, 0.717) is 12.2 Å². The number of imidazole rings is 1. The van der Waals surface area contributed by atoms with Gasteiger partial charge in [0.15, 0.2) is 5.65 Å². The Morgan fingerprint density at radius 3 is 2.75 bits per heavy atom. The molecule has 1 aliphatic heterocycles. The second-order valence-electron chi connectivity index (χ2n) is 7.45. The summed E-state index contributed by atoms with van der Waals surface area (Å²) in [6.07, 6.45) is 3.80. The predicted octanol–water partition coefficient (Wildman–Crippen LogP) is 2.32. The summed E-state index contributed by atoms with van der Waals surface area (Å²) >= 11 is 0. The Morgan fingerprint density at radius 1 is 1.21 bits per heavy atom. The summed E-state index contributed by atoms with van der Waals surface area (Å²) in [6, 6.07) is 7.92. The highest BCUT2D eigenvalue weighted by atomic mass is 16.5. The van der Waals surface area contributed by atoms with Gasteiger partial charge in [-0.3, -0.25) is 9.30 Å². The normalized spacial score (nSPS) is 15.4. The van der Waals surface area contributed by atoms with Gasteiger partial charge in [-0.05, 0) is 31.5 Å². The standard InChI is InChI=1S/C21H26N4O3/c1-15(2)28-18-6-4-5-16(11-18)19-14-23(3)21(26)25-13-17(22-20(19)25)12-24-7-9-27-10-8-24/h4-6,11,13-15H,7-10,12H2,1-3H3. The van der Waals surface area contributed by atoms with Crippen molar-refractivity contribution in [3.05, 3.63) is 52.8 Å². The number of fused-ring (bicyclic) bond motifs is 1. The van der Waals surface area contributed by atoms with Crippen LogP contribution in [0.1, 0.15) is 19.5 Å². The minimum absolute atomic E-state index is 0.0990. The third-order valence-electron chi connectivity index (χ3n) is 4.83. The zero-order valence-corrected chi connectivity index (χ0v) is 16.6. The monoisotopic (exact) mass is 382 g/mol. The third-order valence-corrected chi connectivity index (χ3v) is 4.83. The summed E-state index contributed by atoms with van der Waals surface area (Å²) in [7, 11) is 1.77.